The molecule has 1 aliphatic carbocycles. The molecule has 120 valence electrons. The van der Waals surface area contributed by atoms with Crippen molar-refractivity contribution in [1.82, 2.24) is 10.3 Å². The number of nitrogens with zero attached hydrogens (tertiary/aromatic N) is 1. The monoisotopic (exact) mass is 312 g/mol. The van der Waals surface area contributed by atoms with Gasteiger partial charge < -0.3 is 14.8 Å². The first-order valence-electron chi connectivity index (χ1n) is 7.78. The van der Waals surface area contributed by atoms with Gasteiger partial charge in [-0.2, -0.15) is 0 Å². The molecule has 1 aromatic rings. The molecular weight excluding hydrogens is 284 g/mol. The molecule has 1 aromatic heterocycles. The highest BCUT2D eigenvalue weighted by molar-refractivity contribution is 7.11. The second kappa shape index (κ2) is 7.18. The van der Waals surface area contributed by atoms with Crippen LogP contribution in [0.5, 0.6) is 0 Å². The Morgan fingerprint density at radius 2 is 2.10 bits per heavy atom. The molecular formula is C16H28N2O2S. The van der Waals surface area contributed by atoms with E-state index in [1.54, 1.807) is 18.4 Å². The molecule has 1 atom stereocenters. The zero-order valence-electron chi connectivity index (χ0n) is 13.9. The second-order valence-electron chi connectivity index (χ2n) is 6.71. The Morgan fingerprint density at radius 1 is 1.38 bits per heavy atom. The van der Waals surface area contributed by atoms with Crippen LogP contribution in [0.15, 0.2) is 0 Å². The van der Waals surface area contributed by atoms with E-state index >= 15 is 0 Å². The van der Waals surface area contributed by atoms with Crippen LogP contribution in [-0.2, 0) is 22.6 Å². The Morgan fingerprint density at radius 3 is 2.62 bits per heavy atom. The zero-order chi connectivity index (χ0) is 15.5. The van der Waals surface area contributed by atoms with Crippen molar-refractivity contribution < 1.29 is 9.47 Å². The molecule has 0 bridgehead atoms. The third-order valence-corrected chi connectivity index (χ3v) is 4.69. The van der Waals surface area contributed by atoms with Gasteiger partial charge in [-0.25, -0.2) is 4.98 Å². The minimum Gasteiger partial charge on any atom is -0.378 e. The maximum Gasteiger partial charge on any atom is 0.123 e. The Kier molecular flexibility index (Phi) is 5.77. The van der Waals surface area contributed by atoms with Crippen LogP contribution < -0.4 is 5.32 Å². The SMILES string of the molecule is CCOC(c1nc(COC)c(CNC2CC2)s1)C(C)(C)C. The molecule has 0 aliphatic heterocycles. The van der Waals surface area contributed by atoms with Crippen molar-refractivity contribution in [1.29, 1.82) is 0 Å². The second-order valence-corrected chi connectivity index (χ2v) is 7.83. The third kappa shape index (κ3) is 4.74. The van der Waals surface area contributed by atoms with Crippen molar-refractivity contribution in [3.05, 3.63) is 15.6 Å². The highest BCUT2D eigenvalue weighted by Gasteiger charge is 2.31. The summed E-state index contributed by atoms with van der Waals surface area (Å²) in [6.07, 6.45) is 2.64. The van der Waals surface area contributed by atoms with Gasteiger partial charge >= 0.3 is 0 Å². The zero-order valence-corrected chi connectivity index (χ0v) is 14.7. The lowest BCUT2D eigenvalue weighted by Crippen LogP contribution is -2.21. The standard InChI is InChI=1S/C16H28N2O2S/c1-6-20-14(16(2,3)4)15-18-12(10-19-5)13(21-15)9-17-11-7-8-11/h11,14,17H,6-10H2,1-5H3. The van der Waals surface area contributed by atoms with E-state index in [1.165, 1.54) is 17.7 Å². The van der Waals surface area contributed by atoms with Gasteiger partial charge in [-0.1, -0.05) is 20.8 Å². The number of hydrogen-bond donors (Lipinski definition) is 1. The van der Waals surface area contributed by atoms with Crippen LogP contribution in [0.2, 0.25) is 0 Å². The molecule has 0 spiro atoms. The van der Waals surface area contributed by atoms with Crippen molar-refractivity contribution in [2.45, 2.75) is 65.8 Å². The molecule has 1 saturated carbocycles. The lowest BCUT2D eigenvalue weighted by Gasteiger charge is -2.28. The van der Waals surface area contributed by atoms with Gasteiger partial charge in [0.15, 0.2) is 0 Å². The summed E-state index contributed by atoms with van der Waals surface area (Å²) < 4.78 is 11.3. The molecule has 5 heteroatoms. The normalized spacial score (nSPS) is 17.2. The molecule has 1 fully saturated rings. The minimum atomic E-state index is 0.0396. The summed E-state index contributed by atoms with van der Waals surface area (Å²) in [4.78, 5) is 6.10. The van der Waals surface area contributed by atoms with Crippen LogP contribution in [0, 0.1) is 5.41 Å². The van der Waals surface area contributed by atoms with Gasteiger partial charge in [-0.05, 0) is 25.2 Å². The maximum atomic E-state index is 5.96. The molecule has 0 amide bonds. The largest absolute Gasteiger partial charge is 0.378 e. The molecule has 0 saturated heterocycles. The van der Waals surface area contributed by atoms with Crippen LogP contribution >= 0.6 is 11.3 Å². The predicted molar refractivity (Wildman–Crippen MR) is 86.5 cm³/mol. The highest BCUT2D eigenvalue weighted by atomic mass is 32.1. The molecule has 1 N–H and O–H groups in total. The topological polar surface area (TPSA) is 43.4 Å². The molecule has 21 heavy (non-hydrogen) atoms. The summed E-state index contributed by atoms with van der Waals surface area (Å²) in [7, 11) is 1.72. The van der Waals surface area contributed by atoms with E-state index in [0.29, 0.717) is 19.3 Å². The van der Waals surface area contributed by atoms with Gasteiger partial charge in [0, 0.05) is 31.2 Å². The summed E-state index contributed by atoms with van der Waals surface area (Å²) in [5.74, 6) is 0. The maximum absolute atomic E-state index is 5.96. The van der Waals surface area contributed by atoms with Crippen LogP contribution in [0.3, 0.4) is 0 Å². The average molecular weight is 312 g/mol. The van der Waals surface area contributed by atoms with E-state index < -0.39 is 0 Å². The molecule has 1 aliphatic rings. The Labute approximate surface area is 132 Å². The average Bonchev–Trinajstić information content (AvgIpc) is 3.15. The van der Waals surface area contributed by atoms with E-state index in [0.717, 1.165) is 17.2 Å². The lowest BCUT2D eigenvalue weighted by molar-refractivity contribution is -0.0135. The number of nitrogens with one attached hydrogen (secondary N) is 1. The smallest absolute Gasteiger partial charge is 0.123 e. The number of thiazole rings is 1. The van der Waals surface area contributed by atoms with Crippen LogP contribution in [-0.4, -0.2) is 24.7 Å². The van der Waals surface area contributed by atoms with Gasteiger partial charge in [0.2, 0.25) is 0 Å². The summed E-state index contributed by atoms with van der Waals surface area (Å²) in [6, 6.07) is 0.705. The van der Waals surface area contributed by atoms with E-state index in [1.807, 2.05) is 6.92 Å². The molecule has 0 aromatic carbocycles. The lowest BCUT2D eigenvalue weighted by atomic mass is 9.89. The van der Waals surface area contributed by atoms with E-state index in [-0.39, 0.29) is 11.5 Å². The van der Waals surface area contributed by atoms with Gasteiger partial charge in [0.05, 0.1) is 12.3 Å². The number of rotatable bonds is 8. The fraction of sp³-hybridized carbons (Fsp3) is 0.812. The highest BCUT2D eigenvalue weighted by Crippen LogP contribution is 2.39. The Bertz CT molecular complexity index is 450. The van der Waals surface area contributed by atoms with Crippen LogP contribution in [0.4, 0.5) is 0 Å². The van der Waals surface area contributed by atoms with Gasteiger partial charge in [-0.15, -0.1) is 11.3 Å². The van der Waals surface area contributed by atoms with Crippen molar-refractivity contribution in [3.8, 4) is 0 Å². The molecule has 4 nitrogen and oxygen atoms in total. The van der Waals surface area contributed by atoms with Crippen molar-refractivity contribution in [2.24, 2.45) is 5.41 Å². The first kappa shape index (κ1) is 16.9. The first-order chi connectivity index (χ1) is 9.95. The number of aromatic nitrogens is 1. The van der Waals surface area contributed by atoms with Crippen LogP contribution in [0.25, 0.3) is 0 Å². The van der Waals surface area contributed by atoms with Gasteiger partial charge in [0.1, 0.15) is 11.1 Å². The van der Waals surface area contributed by atoms with Crippen molar-refractivity contribution in [3.63, 3.8) is 0 Å². The summed E-state index contributed by atoms with van der Waals surface area (Å²) in [5, 5.41) is 4.64. The number of hydrogen-bond acceptors (Lipinski definition) is 5. The van der Waals surface area contributed by atoms with E-state index in [9.17, 15) is 0 Å². The van der Waals surface area contributed by atoms with Gasteiger partial charge in [-0.3, -0.25) is 0 Å². The fourth-order valence-corrected chi connectivity index (χ4v) is 3.60. The summed E-state index contributed by atoms with van der Waals surface area (Å²) in [6.45, 7) is 10.8. The number of methoxy groups -OCH3 is 1. The summed E-state index contributed by atoms with van der Waals surface area (Å²) >= 11 is 1.77. The molecule has 0 radical (unpaired) electrons. The predicted octanol–water partition coefficient (Wildman–Crippen LogP) is 3.67. The minimum absolute atomic E-state index is 0.0396. The molecule has 1 heterocycles. The quantitative estimate of drug-likeness (QED) is 0.795. The Hall–Kier alpha value is -0.490. The Balaban J connectivity index is 2.18. The molecule has 2 rings (SSSR count). The summed E-state index contributed by atoms with van der Waals surface area (Å²) in [5.41, 5.74) is 1.10. The first-order valence-corrected chi connectivity index (χ1v) is 8.59. The van der Waals surface area contributed by atoms with Crippen molar-refractivity contribution in [2.75, 3.05) is 13.7 Å². The third-order valence-electron chi connectivity index (χ3n) is 3.55. The van der Waals surface area contributed by atoms with Gasteiger partial charge in [0.25, 0.3) is 0 Å². The number of ether oxygens (including phenoxy) is 2. The molecule has 1 unspecified atom stereocenters. The van der Waals surface area contributed by atoms with E-state index in [2.05, 4.69) is 26.1 Å². The van der Waals surface area contributed by atoms with E-state index in [4.69, 9.17) is 14.5 Å². The fourth-order valence-electron chi connectivity index (χ4n) is 2.29. The van der Waals surface area contributed by atoms with Crippen molar-refractivity contribution >= 4 is 11.3 Å². The van der Waals surface area contributed by atoms with Crippen LogP contribution in [0.1, 0.15) is 62.2 Å².